The zero-order valence-electron chi connectivity index (χ0n) is 12.6. The van der Waals surface area contributed by atoms with E-state index in [0.29, 0.717) is 0 Å². The quantitative estimate of drug-likeness (QED) is 0.680. The van der Waals surface area contributed by atoms with Crippen molar-refractivity contribution in [1.82, 2.24) is 9.80 Å². The molecule has 18 heavy (non-hydrogen) atoms. The van der Waals surface area contributed by atoms with Gasteiger partial charge in [0.2, 0.25) is 0 Å². The van der Waals surface area contributed by atoms with Crippen LogP contribution in [0.5, 0.6) is 0 Å². The first kappa shape index (κ1) is 15.5. The third-order valence-electron chi connectivity index (χ3n) is 4.18. The highest BCUT2D eigenvalue weighted by Crippen LogP contribution is 2.22. The second kappa shape index (κ2) is 7.11. The number of piperidine rings is 1. The summed E-state index contributed by atoms with van der Waals surface area (Å²) in [6, 6.07) is 3.15. The van der Waals surface area contributed by atoms with E-state index in [1.165, 1.54) is 38.9 Å². The maximum Gasteiger partial charge on any atom is 0.0683 e. The van der Waals surface area contributed by atoms with Gasteiger partial charge in [0.1, 0.15) is 0 Å². The topological polar surface area (TPSA) is 30.3 Å². The molecule has 1 rings (SSSR count). The van der Waals surface area contributed by atoms with Gasteiger partial charge in [0.25, 0.3) is 0 Å². The van der Waals surface area contributed by atoms with Crippen LogP contribution in [0.2, 0.25) is 0 Å². The molecule has 3 nitrogen and oxygen atoms in total. The Morgan fingerprint density at radius 1 is 1.28 bits per heavy atom. The summed E-state index contributed by atoms with van der Waals surface area (Å²) < 4.78 is 0. The fraction of sp³-hybridized carbons (Fsp3) is 0.933. The van der Waals surface area contributed by atoms with E-state index >= 15 is 0 Å². The molecule has 1 aliphatic heterocycles. The lowest BCUT2D eigenvalue weighted by atomic mass is 9.89. The van der Waals surface area contributed by atoms with Gasteiger partial charge in [-0.25, -0.2) is 0 Å². The van der Waals surface area contributed by atoms with Crippen LogP contribution in [0.3, 0.4) is 0 Å². The number of nitriles is 1. The summed E-state index contributed by atoms with van der Waals surface area (Å²) in [4.78, 5) is 4.94. The zero-order chi connectivity index (χ0) is 13.6. The van der Waals surface area contributed by atoms with Crippen LogP contribution in [-0.2, 0) is 0 Å². The van der Waals surface area contributed by atoms with Crippen LogP contribution in [0.15, 0.2) is 0 Å². The first-order valence-electron chi connectivity index (χ1n) is 7.24. The minimum atomic E-state index is -0.147. The van der Waals surface area contributed by atoms with Crippen LogP contribution in [0, 0.1) is 16.7 Å². The number of rotatable bonds is 6. The highest BCUT2D eigenvalue weighted by Gasteiger charge is 2.20. The Bertz CT molecular complexity index is 272. The minimum absolute atomic E-state index is 0.147. The smallest absolute Gasteiger partial charge is 0.0683 e. The van der Waals surface area contributed by atoms with E-state index in [9.17, 15) is 0 Å². The van der Waals surface area contributed by atoms with Gasteiger partial charge >= 0.3 is 0 Å². The van der Waals surface area contributed by atoms with Gasteiger partial charge < -0.3 is 9.80 Å². The van der Waals surface area contributed by atoms with Crippen molar-refractivity contribution in [3.05, 3.63) is 0 Å². The first-order chi connectivity index (χ1) is 8.44. The molecule has 0 unspecified atom stereocenters. The average Bonchev–Trinajstić information content (AvgIpc) is 2.35. The monoisotopic (exact) mass is 251 g/mol. The van der Waals surface area contributed by atoms with E-state index < -0.39 is 0 Å². The van der Waals surface area contributed by atoms with Crippen LogP contribution < -0.4 is 0 Å². The normalized spacial score (nSPS) is 19.1. The van der Waals surface area contributed by atoms with Gasteiger partial charge in [-0.05, 0) is 73.3 Å². The Morgan fingerprint density at radius 3 is 2.44 bits per heavy atom. The predicted octanol–water partition coefficient (Wildman–Crippen LogP) is 2.73. The molecule has 0 spiro atoms. The van der Waals surface area contributed by atoms with Crippen molar-refractivity contribution in [2.24, 2.45) is 5.41 Å². The lowest BCUT2D eigenvalue weighted by molar-refractivity contribution is 0.142. The van der Waals surface area contributed by atoms with E-state index in [4.69, 9.17) is 5.26 Å². The fourth-order valence-electron chi connectivity index (χ4n) is 2.60. The molecule has 1 aliphatic rings. The molecule has 0 atom stereocenters. The molecular weight excluding hydrogens is 222 g/mol. The molecule has 0 N–H and O–H groups in total. The summed E-state index contributed by atoms with van der Waals surface area (Å²) >= 11 is 0. The summed E-state index contributed by atoms with van der Waals surface area (Å²) in [6.45, 7) is 7.71. The average molecular weight is 251 g/mol. The Morgan fingerprint density at radius 2 is 1.89 bits per heavy atom. The number of hydrogen-bond donors (Lipinski definition) is 0. The Balaban J connectivity index is 2.14. The summed E-state index contributed by atoms with van der Waals surface area (Å²) in [5.74, 6) is 0. The Hall–Kier alpha value is -0.590. The van der Waals surface area contributed by atoms with Crippen LogP contribution >= 0.6 is 0 Å². The van der Waals surface area contributed by atoms with Crippen molar-refractivity contribution >= 4 is 0 Å². The summed E-state index contributed by atoms with van der Waals surface area (Å²) in [5, 5.41) is 8.97. The van der Waals surface area contributed by atoms with Crippen LogP contribution in [0.1, 0.15) is 46.0 Å². The van der Waals surface area contributed by atoms with E-state index in [2.05, 4.69) is 30.0 Å². The standard InChI is InChI=1S/C15H29N3/c1-15(2,13-16)9-5-6-10-18(4)14-7-11-17(3)12-8-14/h14H,5-12H2,1-4H3. The third-order valence-corrected chi connectivity index (χ3v) is 4.18. The van der Waals surface area contributed by atoms with Crippen molar-refractivity contribution in [3.8, 4) is 6.07 Å². The minimum Gasteiger partial charge on any atom is -0.306 e. The van der Waals surface area contributed by atoms with Crippen LogP contribution in [0.25, 0.3) is 0 Å². The molecule has 0 bridgehead atoms. The molecule has 0 aromatic rings. The molecule has 0 radical (unpaired) electrons. The molecule has 1 fully saturated rings. The molecular formula is C15H29N3. The number of likely N-dealkylation sites (tertiary alicyclic amines) is 1. The van der Waals surface area contributed by atoms with E-state index in [1.807, 2.05) is 13.8 Å². The molecule has 3 heteroatoms. The van der Waals surface area contributed by atoms with Crippen molar-refractivity contribution < 1.29 is 0 Å². The van der Waals surface area contributed by atoms with Gasteiger partial charge in [0.15, 0.2) is 0 Å². The zero-order valence-corrected chi connectivity index (χ0v) is 12.6. The summed E-state index contributed by atoms with van der Waals surface area (Å²) in [5.41, 5.74) is -0.147. The molecule has 0 saturated carbocycles. The van der Waals surface area contributed by atoms with Gasteiger partial charge in [-0.15, -0.1) is 0 Å². The van der Waals surface area contributed by atoms with Gasteiger partial charge in [0.05, 0.1) is 11.5 Å². The lowest BCUT2D eigenvalue weighted by Crippen LogP contribution is -2.42. The lowest BCUT2D eigenvalue weighted by Gasteiger charge is -2.35. The van der Waals surface area contributed by atoms with Crippen molar-refractivity contribution in [3.63, 3.8) is 0 Å². The van der Waals surface area contributed by atoms with E-state index in [0.717, 1.165) is 18.9 Å². The van der Waals surface area contributed by atoms with Gasteiger partial charge in [-0.1, -0.05) is 6.42 Å². The fourth-order valence-corrected chi connectivity index (χ4v) is 2.60. The second-order valence-corrected chi connectivity index (χ2v) is 6.47. The molecule has 0 aromatic heterocycles. The Labute approximate surface area is 113 Å². The molecule has 1 saturated heterocycles. The maximum absolute atomic E-state index is 8.97. The largest absolute Gasteiger partial charge is 0.306 e. The number of hydrogen-bond acceptors (Lipinski definition) is 3. The van der Waals surface area contributed by atoms with Gasteiger partial charge in [-0.3, -0.25) is 0 Å². The van der Waals surface area contributed by atoms with Gasteiger partial charge in [0, 0.05) is 6.04 Å². The highest BCUT2D eigenvalue weighted by atomic mass is 15.2. The predicted molar refractivity (Wildman–Crippen MR) is 76.4 cm³/mol. The molecule has 0 amide bonds. The van der Waals surface area contributed by atoms with Crippen molar-refractivity contribution in [2.75, 3.05) is 33.7 Å². The highest BCUT2D eigenvalue weighted by molar-refractivity contribution is 4.91. The molecule has 0 aliphatic carbocycles. The molecule has 104 valence electrons. The van der Waals surface area contributed by atoms with Crippen molar-refractivity contribution in [1.29, 1.82) is 5.26 Å². The summed E-state index contributed by atoms with van der Waals surface area (Å²) in [7, 11) is 4.46. The summed E-state index contributed by atoms with van der Waals surface area (Å²) in [6.07, 6.45) is 6.00. The van der Waals surface area contributed by atoms with Crippen LogP contribution in [-0.4, -0.2) is 49.6 Å². The Kier molecular flexibility index (Phi) is 6.11. The molecule has 1 heterocycles. The molecule has 0 aromatic carbocycles. The van der Waals surface area contributed by atoms with Crippen LogP contribution in [0.4, 0.5) is 0 Å². The first-order valence-corrected chi connectivity index (χ1v) is 7.24. The second-order valence-electron chi connectivity index (χ2n) is 6.47. The van der Waals surface area contributed by atoms with E-state index in [1.54, 1.807) is 0 Å². The van der Waals surface area contributed by atoms with E-state index in [-0.39, 0.29) is 5.41 Å². The van der Waals surface area contributed by atoms with Gasteiger partial charge in [-0.2, -0.15) is 5.26 Å². The third kappa shape index (κ3) is 5.37. The number of nitrogens with zero attached hydrogens (tertiary/aromatic N) is 3. The maximum atomic E-state index is 8.97. The SMILES string of the molecule is CN1CCC(N(C)CCCCC(C)(C)C#N)CC1. The van der Waals surface area contributed by atoms with Crippen molar-refractivity contribution in [2.45, 2.75) is 52.0 Å². The number of unbranched alkanes of at least 4 members (excludes halogenated alkanes) is 1.